The Morgan fingerprint density at radius 1 is 0.929 bits per heavy atom. The fourth-order valence-electron chi connectivity index (χ4n) is 2.64. The number of aliphatic hydroxyl groups is 1. The molecule has 0 aliphatic rings. The van der Waals surface area contributed by atoms with Gasteiger partial charge in [0.1, 0.15) is 11.9 Å². The smallest absolute Gasteiger partial charge is 0.406 e. The number of hydrogen-bond acceptors (Lipinski definition) is 3. The number of nitrogens with zero attached hydrogens (tertiary/aromatic N) is 1. The summed E-state index contributed by atoms with van der Waals surface area (Å²) in [6.45, 7) is 0.350. The molecule has 154 valence electrons. The first-order chi connectivity index (χ1) is 13.0. The molecule has 0 bridgehead atoms. The van der Waals surface area contributed by atoms with Gasteiger partial charge >= 0.3 is 12.5 Å². The standard InChI is InChI=1S/C19H19F6NO2/c20-18(21,22)17(27)10-5-11-26(15-7-2-1-3-8-15)13-14-6-4-9-16(12-14)28-19(23,24)25/h1-4,6-9,12,17,27H,5,10-11,13H2. The molecule has 3 nitrogen and oxygen atoms in total. The fourth-order valence-corrected chi connectivity index (χ4v) is 2.64. The van der Waals surface area contributed by atoms with Crippen LogP contribution in [-0.4, -0.2) is 30.3 Å². The van der Waals surface area contributed by atoms with Gasteiger partial charge < -0.3 is 14.7 Å². The van der Waals surface area contributed by atoms with E-state index in [2.05, 4.69) is 4.74 Å². The number of hydrogen-bond donors (Lipinski definition) is 1. The number of anilines is 1. The van der Waals surface area contributed by atoms with Crippen molar-refractivity contribution in [1.82, 2.24) is 0 Å². The summed E-state index contributed by atoms with van der Waals surface area (Å²) >= 11 is 0. The first-order valence-corrected chi connectivity index (χ1v) is 8.44. The molecule has 0 amide bonds. The minimum Gasteiger partial charge on any atom is -0.406 e. The molecule has 0 spiro atoms. The van der Waals surface area contributed by atoms with Gasteiger partial charge in [-0.1, -0.05) is 30.3 Å². The SMILES string of the molecule is OC(CCCN(Cc1cccc(OC(F)(F)F)c1)c1ccccc1)C(F)(F)F. The lowest BCUT2D eigenvalue weighted by Crippen LogP contribution is -2.30. The van der Waals surface area contributed by atoms with E-state index in [0.717, 1.165) is 0 Å². The molecule has 1 atom stereocenters. The van der Waals surface area contributed by atoms with Crippen LogP contribution in [0.5, 0.6) is 5.75 Å². The van der Waals surface area contributed by atoms with Crippen LogP contribution in [0.3, 0.4) is 0 Å². The second-order valence-electron chi connectivity index (χ2n) is 6.15. The molecule has 0 radical (unpaired) electrons. The highest BCUT2D eigenvalue weighted by Crippen LogP contribution is 2.26. The molecule has 2 aromatic rings. The molecule has 0 fully saturated rings. The van der Waals surface area contributed by atoms with Crippen LogP contribution in [0, 0.1) is 0 Å². The Morgan fingerprint density at radius 3 is 2.21 bits per heavy atom. The van der Waals surface area contributed by atoms with Crippen molar-refractivity contribution in [1.29, 1.82) is 0 Å². The van der Waals surface area contributed by atoms with Crippen molar-refractivity contribution >= 4 is 5.69 Å². The van der Waals surface area contributed by atoms with Crippen LogP contribution in [0.25, 0.3) is 0 Å². The first kappa shape index (κ1) is 21.9. The van der Waals surface area contributed by atoms with Crippen molar-refractivity contribution in [2.24, 2.45) is 0 Å². The Morgan fingerprint density at radius 2 is 1.61 bits per heavy atom. The van der Waals surface area contributed by atoms with Gasteiger partial charge in [0.15, 0.2) is 0 Å². The third kappa shape index (κ3) is 7.30. The maximum absolute atomic E-state index is 12.5. The van der Waals surface area contributed by atoms with Gasteiger partial charge in [-0.05, 0) is 42.7 Å². The predicted molar refractivity (Wildman–Crippen MR) is 91.9 cm³/mol. The maximum atomic E-state index is 12.5. The molecule has 28 heavy (non-hydrogen) atoms. The Labute approximate surface area is 158 Å². The van der Waals surface area contributed by atoms with E-state index in [1.807, 2.05) is 0 Å². The number of rotatable bonds is 8. The number of para-hydroxylation sites is 1. The summed E-state index contributed by atoms with van der Waals surface area (Å²) in [6.07, 6.45) is -12.3. The number of benzene rings is 2. The highest BCUT2D eigenvalue weighted by Gasteiger charge is 2.37. The normalized spacial score (nSPS) is 13.2. The number of halogens is 6. The summed E-state index contributed by atoms with van der Waals surface area (Å²) in [5.74, 6) is -0.370. The summed E-state index contributed by atoms with van der Waals surface area (Å²) in [5, 5.41) is 9.14. The summed E-state index contributed by atoms with van der Waals surface area (Å²) in [7, 11) is 0. The minimum absolute atomic E-state index is 0.0499. The summed E-state index contributed by atoms with van der Waals surface area (Å²) in [5.41, 5.74) is 1.20. The van der Waals surface area contributed by atoms with Crippen molar-refractivity contribution in [3.05, 3.63) is 60.2 Å². The van der Waals surface area contributed by atoms with Gasteiger partial charge in [0, 0.05) is 18.8 Å². The van der Waals surface area contributed by atoms with Gasteiger partial charge in [-0.2, -0.15) is 13.2 Å². The quantitative estimate of drug-likeness (QED) is 0.603. The van der Waals surface area contributed by atoms with Crippen LogP contribution in [0.4, 0.5) is 32.0 Å². The number of ether oxygens (including phenoxy) is 1. The van der Waals surface area contributed by atoms with Crippen molar-refractivity contribution in [3.8, 4) is 5.75 Å². The highest BCUT2D eigenvalue weighted by molar-refractivity contribution is 5.47. The second kappa shape index (κ2) is 9.18. The topological polar surface area (TPSA) is 32.7 Å². The van der Waals surface area contributed by atoms with Crippen LogP contribution in [0.2, 0.25) is 0 Å². The van der Waals surface area contributed by atoms with E-state index in [1.165, 1.54) is 18.2 Å². The van der Waals surface area contributed by atoms with E-state index in [4.69, 9.17) is 5.11 Å². The lowest BCUT2D eigenvalue weighted by molar-refractivity contribution is -0.274. The second-order valence-corrected chi connectivity index (χ2v) is 6.15. The number of alkyl halides is 6. The highest BCUT2D eigenvalue weighted by atomic mass is 19.4. The van der Waals surface area contributed by atoms with Crippen LogP contribution in [0.15, 0.2) is 54.6 Å². The van der Waals surface area contributed by atoms with Crippen LogP contribution < -0.4 is 9.64 Å². The third-order valence-electron chi connectivity index (χ3n) is 3.91. The molecule has 0 aliphatic carbocycles. The average molecular weight is 407 g/mol. The van der Waals surface area contributed by atoms with E-state index in [9.17, 15) is 26.3 Å². The average Bonchev–Trinajstić information content (AvgIpc) is 2.59. The van der Waals surface area contributed by atoms with E-state index < -0.39 is 25.1 Å². The van der Waals surface area contributed by atoms with E-state index in [1.54, 1.807) is 41.3 Å². The van der Waals surface area contributed by atoms with Gasteiger partial charge in [-0.25, -0.2) is 0 Å². The molecule has 0 aromatic heterocycles. The minimum atomic E-state index is -4.81. The number of aliphatic hydroxyl groups excluding tert-OH is 1. The largest absolute Gasteiger partial charge is 0.573 e. The van der Waals surface area contributed by atoms with E-state index in [0.29, 0.717) is 11.3 Å². The van der Waals surface area contributed by atoms with Gasteiger partial charge in [0.25, 0.3) is 0 Å². The van der Waals surface area contributed by atoms with Crippen LogP contribution in [-0.2, 0) is 6.54 Å². The van der Waals surface area contributed by atoms with Crippen molar-refractivity contribution in [2.75, 3.05) is 11.4 Å². The first-order valence-electron chi connectivity index (χ1n) is 8.44. The lowest BCUT2D eigenvalue weighted by atomic mass is 10.1. The van der Waals surface area contributed by atoms with Gasteiger partial charge in [-0.3, -0.25) is 0 Å². The van der Waals surface area contributed by atoms with Crippen LogP contribution >= 0.6 is 0 Å². The molecule has 0 heterocycles. The van der Waals surface area contributed by atoms with Crippen molar-refractivity contribution < 1.29 is 36.2 Å². The van der Waals surface area contributed by atoms with E-state index >= 15 is 0 Å². The zero-order chi connectivity index (χ0) is 20.8. The van der Waals surface area contributed by atoms with Crippen LogP contribution in [0.1, 0.15) is 18.4 Å². The molecular weight excluding hydrogens is 388 g/mol. The van der Waals surface area contributed by atoms with Gasteiger partial charge in [0.05, 0.1) is 0 Å². The molecule has 0 saturated carbocycles. The Kier molecular flexibility index (Phi) is 7.17. The molecular formula is C19H19F6NO2. The Balaban J connectivity index is 2.09. The van der Waals surface area contributed by atoms with Gasteiger partial charge in [0.2, 0.25) is 0 Å². The zero-order valence-corrected chi connectivity index (χ0v) is 14.7. The molecule has 0 saturated heterocycles. The third-order valence-corrected chi connectivity index (χ3v) is 3.91. The van der Waals surface area contributed by atoms with Crippen molar-refractivity contribution in [3.63, 3.8) is 0 Å². The summed E-state index contributed by atoms with van der Waals surface area (Å²) in [6, 6.07) is 14.2. The fraction of sp³-hybridized carbons (Fsp3) is 0.368. The Hall–Kier alpha value is -2.42. The van der Waals surface area contributed by atoms with Crippen molar-refractivity contribution in [2.45, 2.75) is 38.0 Å². The summed E-state index contributed by atoms with van der Waals surface area (Å²) < 4.78 is 78.4. The van der Waals surface area contributed by atoms with E-state index in [-0.39, 0.29) is 25.3 Å². The summed E-state index contributed by atoms with van der Waals surface area (Å²) in [4.78, 5) is 1.73. The van der Waals surface area contributed by atoms with Gasteiger partial charge in [-0.15, -0.1) is 13.2 Å². The molecule has 9 heteroatoms. The molecule has 1 unspecified atom stereocenters. The maximum Gasteiger partial charge on any atom is 0.573 e. The molecule has 2 aromatic carbocycles. The Bertz CT molecular complexity index is 733. The molecule has 1 N–H and O–H groups in total. The molecule has 0 aliphatic heterocycles. The monoisotopic (exact) mass is 407 g/mol. The zero-order valence-electron chi connectivity index (χ0n) is 14.7. The lowest BCUT2D eigenvalue weighted by Gasteiger charge is -2.26. The predicted octanol–water partition coefficient (Wildman–Crippen LogP) is 5.30. The molecule has 2 rings (SSSR count).